The molecule has 0 saturated heterocycles. The lowest BCUT2D eigenvalue weighted by Crippen LogP contribution is -2.16. The number of anilines is 1. The molecule has 106 valence electrons. The van der Waals surface area contributed by atoms with Crippen LogP contribution in [0.3, 0.4) is 0 Å². The van der Waals surface area contributed by atoms with Crippen molar-refractivity contribution in [3.63, 3.8) is 0 Å². The molecule has 0 aliphatic carbocycles. The van der Waals surface area contributed by atoms with Gasteiger partial charge in [0, 0.05) is 6.07 Å². The van der Waals surface area contributed by atoms with E-state index in [1.807, 2.05) is 4.72 Å². The molecule has 0 aromatic heterocycles. The first-order valence-corrected chi connectivity index (χ1v) is 8.01. The van der Waals surface area contributed by atoms with Gasteiger partial charge < -0.3 is 0 Å². The Morgan fingerprint density at radius 2 is 1.70 bits per heavy atom. The molecule has 0 unspecified atom stereocenters. The predicted molar refractivity (Wildman–Crippen MR) is 76.7 cm³/mol. The van der Waals surface area contributed by atoms with Gasteiger partial charge in [-0.2, -0.15) is 0 Å². The second kappa shape index (κ2) is 5.88. The van der Waals surface area contributed by atoms with Crippen LogP contribution in [0.5, 0.6) is 0 Å². The van der Waals surface area contributed by atoms with Crippen LogP contribution in [0.25, 0.3) is 0 Å². The van der Waals surface area contributed by atoms with Crippen LogP contribution in [0.1, 0.15) is 5.56 Å². The van der Waals surface area contributed by atoms with E-state index in [-0.39, 0.29) is 10.2 Å². The molecular formula is C13H10BrF2NO2S. The first kappa shape index (κ1) is 14.9. The van der Waals surface area contributed by atoms with Crippen molar-refractivity contribution in [1.29, 1.82) is 0 Å². The topological polar surface area (TPSA) is 46.2 Å². The van der Waals surface area contributed by atoms with E-state index in [9.17, 15) is 17.2 Å². The van der Waals surface area contributed by atoms with Crippen LogP contribution in [0.2, 0.25) is 0 Å². The molecule has 0 aliphatic rings. The number of sulfonamides is 1. The van der Waals surface area contributed by atoms with Crippen LogP contribution in [0.15, 0.2) is 46.9 Å². The number of hydrogen-bond donors (Lipinski definition) is 1. The molecule has 0 saturated carbocycles. The molecule has 1 N–H and O–H groups in total. The van der Waals surface area contributed by atoms with Crippen molar-refractivity contribution in [2.24, 2.45) is 0 Å². The number of halogens is 3. The van der Waals surface area contributed by atoms with Crippen LogP contribution in [0.4, 0.5) is 14.5 Å². The summed E-state index contributed by atoms with van der Waals surface area (Å²) in [4.78, 5) is 0. The van der Waals surface area contributed by atoms with Crippen molar-refractivity contribution in [3.8, 4) is 0 Å². The fourth-order valence-corrected chi connectivity index (χ4v) is 3.11. The van der Waals surface area contributed by atoms with Crippen LogP contribution in [0, 0.1) is 11.6 Å². The average Bonchev–Trinajstić information content (AvgIpc) is 2.36. The number of benzene rings is 2. The zero-order chi connectivity index (χ0) is 14.8. The minimum atomic E-state index is -3.81. The summed E-state index contributed by atoms with van der Waals surface area (Å²) >= 11 is 2.82. The summed E-state index contributed by atoms with van der Waals surface area (Å²) in [5.41, 5.74) is 0.139. The third-order valence-electron chi connectivity index (χ3n) is 2.47. The fraction of sp³-hybridized carbons (Fsp3) is 0.0769. The molecule has 0 atom stereocenters. The van der Waals surface area contributed by atoms with Crippen molar-refractivity contribution in [2.45, 2.75) is 5.75 Å². The minimum absolute atomic E-state index is 0.0685. The van der Waals surface area contributed by atoms with Gasteiger partial charge >= 0.3 is 0 Å². The van der Waals surface area contributed by atoms with E-state index < -0.39 is 27.3 Å². The monoisotopic (exact) mass is 361 g/mol. The minimum Gasteiger partial charge on any atom is -0.280 e. The Morgan fingerprint density at radius 1 is 1.05 bits per heavy atom. The van der Waals surface area contributed by atoms with Crippen LogP contribution < -0.4 is 4.72 Å². The van der Waals surface area contributed by atoms with Gasteiger partial charge in [0.2, 0.25) is 10.0 Å². The van der Waals surface area contributed by atoms with Gasteiger partial charge in [-0.05, 0) is 27.6 Å². The zero-order valence-electron chi connectivity index (χ0n) is 10.1. The molecule has 0 amide bonds. The Kier molecular flexibility index (Phi) is 4.39. The van der Waals surface area contributed by atoms with E-state index in [0.29, 0.717) is 5.56 Å². The Hall–Kier alpha value is -1.47. The van der Waals surface area contributed by atoms with E-state index in [1.54, 1.807) is 30.3 Å². The summed E-state index contributed by atoms with van der Waals surface area (Å²) in [5, 5.41) is 0. The molecule has 0 radical (unpaired) electrons. The van der Waals surface area contributed by atoms with Crippen molar-refractivity contribution >= 4 is 31.6 Å². The standard InChI is InChI=1S/C13H10BrF2NO2S/c14-10-6-12(16)13(7-11(10)15)17-20(18,19)8-9-4-2-1-3-5-9/h1-7,17H,8H2. The Morgan fingerprint density at radius 3 is 2.35 bits per heavy atom. The van der Waals surface area contributed by atoms with Gasteiger partial charge in [0.1, 0.15) is 11.6 Å². The van der Waals surface area contributed by atoms with Gasteiger partial charge in [-0.1, -0.05) is 30.3 Å². The predicted octanol–water partition coefficient (Wildman–Crippen LogP) is 3.67. The normalized spacial score (nSPS) is 11.3. The van der Waals surface area contributed by atoms with Crippen molar-refractivity contribution in [2.75, 3.05) is 4.72 Å². The lowest BCUT2D eigenvalue weighted by atomic mass is 10.2. The highest BCUT2D eigenvalue weighted by Gasteiger charge is 2.16. The molecule has 7 heteroatoms. The first-order chi connectivity index (χ1) is 9.37. The van der Waals surface area contributed by atoms with Gasteiger partial charge in [0.05, 0.1) is 15.9 Å². The van der Waals surface area contributed by atoms with Gasteiger partial charge in [-0.3, -0.25) is 4.72 Å². The Balaban J connectivity index is 2.23. The Labute approximate surface area is 123 Å². The first-order valence-electron chi connectivity index (χ1n) is 5.56. The summed E-state index contributed by atoms with van der Waals surface area (Å²) in [5.74, 6) is -1.91. The van der Waals surface area contributed by atoms with E-state index in [1.165, 1.54) is 0 Å². The van der Waals surface area contributed by atoms with Crippen molar-refractivity contribution in [1.82, 2.24) is 0 Å². The molecule has 2 rings (SSSR count). The lowest BCUT2D eigenvalue weighted by Gasteiger charge is -2.09. The number of rotatable bonds is 4. The van der Waals surface area contributed by atoms with Crippen LogP contribution >= 0.6 is 15.9 Å². The van der Waals surface area contributed by atoms with E-state index in [2.05, 4.69) is 15.9 Å². The maximum atomic E-state index is 13.6. The molecule has 0 spiro atoms. The zero-order valence-corrected chi connectivity index (χ0v) is 12.5. The maximum Gasteiger partial charge on any atom is 0.237 e. The second-order valence-corrected chi connectivity index (χ2v) is 6.67. The highest BCUT2D eigenvalue weighted by molar-refractivity contribution is 9.10. The summed E-state index contributed by atoms with van der Waals surface area (Å²) in [6, 6.07) is 10.1. The third kappa shape index (κ3) is 3.77. The smallest absolute Gasteiger partial charge is 0.237 e. The molecule has 0 bridgehead atoms. The fourth-order valence-electron chi connectivity index (χ4n) is 1.60. The molecular weight excluding hydrogens is 352 g/mol. The van der Waals surface area contributed by atoms with E-state index >= 15 is 0 Å². The summed E-state index contributed by atoms with van der Waals surface area (Å²) in [6.07, 6.45) is 0. The highest BCUT2D eigenvalue weighted by atomic mass is 79.9. The second-order valence-electron chi connectivity index (χ2n) is 4.09. The molecule has 0 aliphatic heterocycles. The van der Waals surface area contributed by atoms with Crippen LogP contribution in [-0.4, -0.2) is 8.42 Å². The molecule has 0 heterocycles. The summed E-state index contributed by atoms with van der Waals surface area (Å²) in [7, 11) is -3.81. The number of nitrogens with one attached hydrogen (secondary N) is 1. The van der Waals surface area contributed by atoms with Crippen LogP contribution in [-0.2, 0) is 15.8 Å². The highest BCUT2D eigenvalue weighted by Crippen LogP contribution is 2.24. The van der Waals surface area contributed by atoms with Gasteiger partial charge in [-0.15, -0.1) is 0 Å². The molecule has 3 nitrogen and oxygen atoms in total. The molecule has 2 aromatic rings. The Bertz CT molecular complexity index is 721. The molecule has 2 aromatic carbocycles. The average molecular weight is 362 g/mol. The largest absolute Gasteiger partial charge is 0.280 e. The van der Waals surface area contributed by atoms with Gasteiger partial charge in [-0.25, -0.2) is 17.2 Å². The third-order valence-corrected chi connectivity index (χ3v) is 4.33. The SMILES string of the molecule is O=S(=O)(Cc1ccccc1)Nc1cc(F)c(Br)cc1F. The van der Waals surface area contributed by atoms with Gasteiger partial charge in [0.15, 0.2) is 0 Å². The van der Waals surface area contributed by atoms with Crippen molar-refractivity contribution < 1.29 is 17.2 Å². The quantitative estimate of drug-likeness (QED) is 0.844. The molecule has 20 heavy (non-hydrogen) atoms. The van der Waals surface area contributed by atoms with E-state index in [0.717, 1.165) is 12.1 Å². The lowest BCUT2D eigenvalue weighted by molar-refractivity contribution is 0.591. The number of hydrogen-bond acceptors (Lipinski definition) is 2. The van der Waals surface area contributed by atoms with E-state index in [4.69, 9.17) is 0 Å². The summed E-state index contributed by atoms with van der Waals surface area (Å²) < 4.78 is 52.7. The summed E-state index contributed by atoms with van der Waals surface area (Å²) in [6.45, 7) is 0. The molecule has 0 fully saturated rings. The van der Waals surface area contributed by atoms with Crippen molar-refractivity contribution in [3.05, 3.63) is 64.1 Å². The maximum absolute atomic E-state index is 13.6. The van der Waals surface area contributed by atoms with Gasteiger partial charge in [0.25, 0.3) is 0 Å².